The van der Waals surface area contributed by atoms with Gasteiger partial charge in [-0.3, -0.25) is 4.79 Å². The van der Waals surface area contributed by atoms with Crippen LogP contribution in [0.3, 0.4) is 0 Å². The van der Waals surface area contributed by atoms with Crippen LogP contribution >= 0.6 is 0 Å². The van der Waals surface area contributed by atoms with Crippen LogP contribution in [0.15, 0.2) is 41.2 Å². The molecule has 0 saturated carbocycles. The molecule has 0 radical (unpaired) electrons. The molecule has 0 spiro atoms. The van der Waals surface area contributed by atoms with E-state index in [1.54, 1.807) is 12.5 Å². The van der Waals surface area contributed by atoms with Crippen LogP contribution in [0.2, 0.25) is 0 Å². The molecule has 0 saturated heterocycles. The molecular weight excluding hydrogens is 168 g/mol. The van der Waals surface area contributed by atoms with Gasteiger partial charge in [-0.25, -0.2) is 0 Å². The molecule has 13 heavy (non-hydrogen) atoms. The lowest BCUT2D eigenvalue weighted by molar-refractivity contribution is -0.134. The highest BCUT2D eigenvalue weighted by Gasteiger charge is 1.89. The van der Waals surface area contributed by atoms with Gasteiger partial charge in [-0.15, -0.1) is 0 Å². The Balaban J connectivity index is 0.000000184. The summed E-state index contributed by atoms with van der Waals surface area (Å²) >= 11 is 0. The van der Waals surface area contributed by atoms with E-state index in [1.165, 1.54) is 0 Å². The van der Waals surface area contributed by atoms with E-state index in [1.807, 2.05) is 24.3 Å². The second kappa shape index (κ2) is 4.30. The first-order valence-electron chi connectivity index (χ1n) is 3.80. The SMILES string of the molecule is CC(=O)O.c1ccc2cocc2c1. The Hall–Kier alpha value is -1.77. The van der Waals surface area contributed by atoms with Crippen molar-refractivity contribution in [2.45, 2.75) is 6.92 Å². The highest BCUT2D eigenvalue weighted by molar-refractivity contribution is 5.80. The lowest BCUT2D eigenvalue weighted by atomic mass is 10.2. The molecule has 0 aliphatic carbocycles. The van der Waals surface area contributed by atoms with Crippen molar-refractivity contribution in [3.05, 3.63) is 36.8 Å². The zero-order valence-corrected chi connectivity index (χ0v) is 7.23. The number of hydrogen-bond acceptors (Lipinski definition) is 2. The third-order valence-electron chi connectivity index (χ3n) is 1.39. The number of hydrogen-bond donors (Lipinski definition) is 1. The Morgan fingerprint density at radius 1 is 1.23 bits per heavy atom. The largest absolute Gasteiger partial charge is 0.481 e. The number of carboxylic acids is 1. The summed E-state index contributed by atoms with van der Waals surface area (Å²) in [7, 11) is 0. The molecule has 0 bridgehead atoms. The van der Waals surface area contributed by atoms with Gasteiger partial charge in [0, 0.05) is 17.7 Å². The highest BCUT2D eigenvalue weighted by Crippen LogP contribution is 2.12. The number of carbonyl (C=O) groups is 1. The minimum absolute atomic E-state index is 0.833. The van der Waals surface area contributed by atoms with Crippen LogP contribution in [0.1, 0.15) is 6.92 Å². The predicted molar refractivity (Wildman–Crippen MR) is 49.5 cm³/mol. The first-order chi connectivity index (χ1) is 6.20. The van der Waals surface area contributed by atoms with Gasteiger partial charge in [0.1, 0.15) is 0 Å². The van der Waals surface area contributed by atoms with E-state index in [2.05, 4.69) is 0 Å². The summed E-state index contributed by atoms with van der Waals surface area (Å²) in [4.78, 5) is 9.00. The molecule has 0 amide bonds. The van der Waals surface area contributed by atoms with E-state index < -0.39 is 5.97 Å². The smallest absolute Gasteiger partial charge is 0.300 e. The lowest BCUT2D eigenvalue weighted by Crippen LogP contribution is -1.78. The van der Waals surface area contributed by atoms with Gasteiger partial charge >= 0.3 is 0 Å². The fourth-order valence-electron chi connectivity index (χ4n) is 0.906. The topological polar surface area (TPSA) is 50.4 Å². The van der Waals surface area contributed by atoms with Crippen molar-refractivity contribution in [1.82, 2.24) is 0 Å². The van der Waals surface area contributed by atoms with Gasteiger partial charge < -0.3 is 9.52 Å². The van der Waals surface area contributed by atoms with Crippen LogP contribution in [0.4, 0.5) is 0 Å². The highest BCUT2D eigenvalue weighted by atomic mass is 16.4. The van der Waals surface area contributed by atoms with E-state index in [4.69, 9.17) is 14.3 Å². The standard InChI is InChI=1S/C8H6O.C2H4O2/c1-2-4-8-6-9-5-7(8)3-1;1-2(3)4/h1-6H;1H3,(H,3,4). The van der Waals surface area contributed by atoms with Gasteiger partial charge in [-0.2, -0.15) is 0 Å². The Bertz CT molecular complexity index is 355. The molecule has 0 aliphatic heterocycles. The Labute approximate surface area is 75.6 Å². The first-order valence-corrected chi connectivity index (χ1v) is 3.80. The van der Waals surface area contributed by atoms with Crippen molar-refractivity contribution >= 4 is 16.7 Å². The van der Waals surface area contributed by atoms with Gasteiger partial charge in [0.25, 0.3) is 5.97 Å². The molecule has 0 atom stereocenters. The maximum absolute atomic E-state index is 9.00. The van der Waals surface area contributed by atoms with Gasteiger partial charge in [-0.1, -0.05) is 24.3 Å². The molecule has 1 aromatic carbocycles. The predicted octanol–water partition coefficient (Wildman–Crippen LogP) is 2.52. The third kappa shape index (κ3) is 2.99. The molecule has 0 unspecified atom stereocenters. The molecule has 1 aromatic heterocycles. The summed E-state index contributed by atoms with van der Waals surface area (Å²) in [6, 6.07) is 8.05. The number of furan rings is 1. The van der Waals surface area contributed by atoms with Crippen LogP contribution in [0.25, 0.3) is 10.8 Å². The Morgan fingerprint density at radius 3 is 2.00 bits per heavy atom. The summed E-state index contributed by atoms with van der Waals surface area (Å²) in [5.41, 5.74) is 0. The van der Waals surface area contributed by atoms with Crippen LogP contribution in [0.5, 0.6) is 0 Å². The average Bonchev–Trinajstić information content (AvgIpc) is 2.49. The quantitative estimate of drug-likeness (QED) is 0.674. The normalized spacial score (nSPS) is 9.00. The van der Waals surface area contributed by atoms with E-state index in [0.717, 1.165) is 17.7 Å². The molecule has 2 rings (SSSR count). The molecule has 0 aliphatic rings. The molecule has 1 heterocycles. The fraction of sp³-hybridized carbons (Fsp3) is 0.100. The third-order valence-corrected chi connectivity index (χ3v) is 1.39. The summed E-state index contributed by atoms with van der Waals surface area (Å²) < 4.78 is 4.96. The molecule has 2 aromatic rings. The molecular formula is C10H10O3. The van der Waals surface area contributed by atoms with Gasteiger partial charge in [0.2, 0.25) is 0 Å². The van der Waals surface area contributed by atoms with Crippen molar-refractivity contribution in [1.29, 1.82) is 0 Å². The zero-order chi connectivity index (χ0) is 9.68. The Kier molecular flexibility index (Phi) is 3.09. The van der Waals surface area contributed by atoms with Crippen LogP contribution in [0, 0.1) is 0 Å². The number of benzene rings is 1. The maximum Gasteiger partial charge on any atom is 0.300 e. The minimum Gasteiger partial charge on any atom is -0.481 e. The number of rotatable bonds is 0. The van der Waals surface area contributed by atoms with E-state index in [9.17, 15) is 0 Å². The van der Waals surface area contributed by atoms with Crippen molar-refractivity contribution < 1.29 is 14.3 Å². The van der Waals surface area contributed by atoms with Gasteiger partial charge in [-0.05, 0) is 0 Å². The van der Waals surface area contributed by atoms with Gasteiger partial charge in [0.05, 0.1) is 12.5 Å². The second-order valence-corrected chi connectivity index (χ2v) is 2.52. The monoisotopic (exact) mass is 178 g/mol. The van der Waals surface area contributed by atoms with Crippen LogP contribution in [-0.4, -0.2) is 11.1 Å². The second-order valence-electron chi connectivity index (χ2n) is 2.52. The summed E-state index contributed by atoms with van der Waals surface area (Å²) in [6.07, 6.45) is 3.49. The molecule has 0 fully saturated rings. The summed E-state index contributed by atoms with van der Waals surface area (Å²) in [5, 5.41) is 9.75. The molecule has 1 N–H and O–H groups in total. The van der Waals surface area contributed by atoms with Crippen molar-refractivity contribution in [3.63, 3.8) is 0 Å². The average molecular weight is 178 g/mol. The van der Waals surface area contributed by atoms with E-state index in [-0.39, 0.29) is 0 Å². The molecule has 3 heteroatoms. The summed E-state index contributed by atoms with van der Waals surface area (Å²) in [5.74, 6) is -0.833. The zero-order valence-electron chi connectivity index (χ0n) is 7.23. The molecule has 3 nitrogen and oxygen atoms in total. The van der Waals surface area contributed by atoms with E-state index >= 15 is 0 Å². The Morgan fingerprint density at radius 2 is 1.62 bits per heavy atom. The minimum atomic E-state index is -0.833. The molecule has 68 valence electrons. The fourth-order valence-corrected chi connectivity index (χ4v) is 0.906. The number of fused-ring (bicyclic) bond motifs is 1. The number of aliphatic carboxylic acids is 1. The van der Waals surface area contributed by atoms with E-state index in [0.29, 0.717) is 0 Å². The summed E-state index contributed by atoms with van der Waals surface area (Å²) in [6.45, 7) is 1.08. The van der Waals surface area contributed by atoms with Crippen LogP contribution < -0.4 is 0 Å². The van der Waals surface area contributed by atoms with Crippen molar-refractivity contribution in [2.75, 3.05) is 0 Å². The van der Waals surface area contributed by atoms with Crippen molar-refractivity contribution in [3.8, 4) is 0 Å². The van der Waals surface area contributed by atoms with Gasteiger partial charge in [0.15, 0.2) is 0 Å². The first kappa shape index (κ1) is 9.32. The number of carboxylic acid groups (broad SMARTS) is 1. The maximum atomic E-state index is 9.00. The van der Waals surface area contributed by atoms with Crippen molar-refractivity contribution in [2.24, 2.45) is 0 Å². The lowest BCUT2D eigenvalue weighted by Gasteiger charge is -1.80. The van der Waals surface area contributed by atoms with Crippen LogP contribution in [-0.2, 0) is 4.79 Å².